The first-order chi connectivity index (χ1) is 8.06. The Balaban J connectivity index is 2.77. The summed E-state index contributed by atoms with van der Waals surface area (Å²) in [6.45, 7) is 3.66. The summed E-state index contributed by atoms with van der Waals surface area (Å²) in [4.78, 5) is 0.388. The molecule has 0 heterocycles. The molecule has 1 rings (SSSR count). The van der Waals surface area contributed by atoms with Crippen molar-refractivity contribution in [2.45, 2.75) is 6.92 Å². The summed E-state index contributed by atoms with van der Waals surface area (Å²) >= 11 is 8.50. The minimum absolute atomic E-state index is 0.388. The lowest BCUT2D eigenvalue weighted by atomic mass is 10.1. The van der Waals surface area contributed by atoms with Gasteiger partial charge in [-0.2, -0.15) is 0 Å². The number of hydrogen-bond donors (Lipinski definition) is 2. The molecule has 1 aromatic carbocycles. The van der Waals surface area contributed by atoms with E-state index in [0.29, 0.717) is 10.9 Å². The largest absolute Gasteiger partial charge is 0.389 e. The summed E-state index contributed by atoms with van der Waals surface area (Å²) in [6, 6.07) is 5.85. The van der Waals surface area contributed by atoms with Crippen LogP contribution in [-0.4, -0.2) is 25.2 Å². The predicted octanol–water partition coefficient (Wildman–Crippen LogP) is 2.78. The molecular weight excluding hydrogens is 300 g/mol. The second kappa shape index (κ2) is 6.93. The standard InChI is InChI=1S/C12H17BrN2OS/c1-8(7-16-2)6-15-10-5-3-4-9(13)11(10)12(14)17/h3-5,8,15H,6-7H2,1-2H3,(H2,14,17). The molecule has 5 heteroatoms. The third-order valence-electron chi connectivity index (χ3n) is 2.35. The highest BCUT2D eigenvalue weighted by Gasteiger charge is 2.10. The fourth-order valence-electron chi connectivity index (χ4n) is 1.55. The molecule has 0 bridgehead atoms. The Bertz CT molecular complexity index is 398. The van der Waals surface area contributed by atoms with Crippen molar-refractivity contribution in [3.05, 3.63) is 28.2 Å². The maximum Gasteiger partial charge on any atom is 0.107 e. The molecule has 0 spiro atoms. The number of nitrogens with one attached hydrogen (secondary N) is 1. The molecule has 1 aromatic rings. The minimum atomic E-state index is 0.388. The molecule has 3 N–H and O–H groups in total. The quantitative estimate of drug-likeness (QED) is 0.792. The van der Waals surface area contributed by atoms with Crippen LogP contribution in [0.1, 0.15) is 12.5 Å². The van der Waals surface area contributed by atoms with Crippen LogP contribution in [0.5, 0.6) is 0 Å². The Morgan fingerprint density at radius 2 is 2.29 bits per heavy atom. The maximum absolute atomic E-state index is 5.72. The lowest BCUT2D eigenvalue weighted by molar-refractivity contribution is 0.164. The van der Waals surface area contributed by atoms with E-state index in [2.05, 4.69) is 28.2 Å². The Labute approximate surface area is 116 Å². The van der Waals surface area contributed by atoms with Crippen LogP contribution < -0.4 is 11.1 Å². The van der Waals surface area contributed by atoms with Gasteiger partial charge in [0.2, 0.25) is 0 Å². The zero-order valence-electron chi connectivity index (χ0n) is 10.00. The third-order valence-corrected chi connectivity index (χ3v) is 3.22. The molecule has 0 aliphatic heterocycles. The topological polar surface area (TPSA) is 47.3 Å². The van der Waals surface area contributed by atoms with Crippen LogP contribution in [0.2, 0.25) is 0 Å². The van der Waals surface area contributed by atoms with Gasteiger partial charge in [-0.15, -0.1) is 0 Å². The highest BCUT2D eigenvalue weighted by molar-refractivity contribution is 9.10. The van der Waals surface area contributed by atoms with Gasteiger partial charge in [0.05, 0.1) is 6.61 Å². The summed E-state index contributed by atoms with van der Waals surface area (Å²) in [7, 11) is 1.70. The second-order valence-corrected chi connectivity index (χ2v) is 5.26. The van der Waals surface area contributed by atoms with Gasteiger partial charge in [-0.1, -0.05) is 25.2 Å². The monoisotopic (exact) mass is 316 g/mol. The van der Waals surface area contributed by atoms with Gasteiger partial charge in [0.1, 0.15) is 4.99 Å². The van der Waals surface area contributed by atoms with Gasteiger partial charge in [-0.25, -0.2) is 0 Å². The summed E-state index contributed by atoms with van der Waals surface area (Å²) in [5.74, 6) is 0.429. The molecule has 94 valence electrons. The van der Waals surface area contributed by atoms with E-state index >= 15 is 0 Å². The van der Waals surface area contributed by atoms with E-state index in [4.69, 9.17) is 22.7 Å². The normalized spacial score (nSPS) is 12.2. The predicted molar refractivity (Wildman–Crippen MR) is 79.6 cm³/mol. The summed E-state index contributed by atoms with van der Waals surface area (Å²) in [5, 5.41) is 3.34. The van der Waals surface area contributed by atoms with Crippen LogP contribution in [0.3, 0.4) is 0 Å². The maximum atomic E-state index is 5.72. The molecule has 0 saturated carbocycles. The van der Waals surface area contributed by atoms with Crippen molar-refractivity contribution in [3.63, 3.8) is 0 Å². The van der Waals surface area contributed by atoms with Gasteiger partial charge in [0.25, 0.3) is 0 Å². The Morgan fingerprint density at radius 3 is 2.88 bits per heavy atom. The van der Waals surface area contributed by atoms with E-state index in [0.717, 1.165) is 28.9 Å². The molecule has 3 nitrogen and oxygen atoms in total. The number of thiocarbonyl (C=S) groups is 1. The number of hydrogen-bond acceptors (Lipinski definition) is 3. The third kappa shape index (κ3) is 4.26. The van der Waals surface area contributed by atoms with E-state index < -0.39 is 0 Å². The second-order valence-electron chi connectivity index (χ2n) is 3.97. The Kier molecular flexibility index (Phi) is 5.88. The van der Waals surface area contributed by atoms with E-state index in [1.807, 2.05) is 18.2 Å². The Morgan fingerprint density at radius 1 is 1.59 bits per heavy atom. The van der Waals surface area contributed by atoms with Crippen molar-refractivity contribution < 1.29 is 4.74 Å². The molecule has 1 unspecified atom stereocenters. The molecule has 0 aliphatic carbocycles. The number of methoxy groups -OCH3 is 1. The highest BCUT2D eigenvalue weighted by atomic mass is 79.9. The first-order valence-corrected chi connectivity index (χ1v) is 6.57. The van der Waals surface area contributed by atoms with Gasteiger partial charge < -0.3 is 15.8 Å². The van der Waals surface area contributed by atoms with Crippen LogP contribution in [0, 0.1) is 5.92 Å². The smallest absolute Gasteiger partial charge is 0.107 e. The minimum Gasteiger partial charge on any atom is -0.389 e. The van der Waals surface area contributed by atoms with Crippen LogP contribution in [0.15, 0.2) is 22.7 Å². The average molecular weight is 317 g/mol. The Hall–Kier alpha value is -0.650. The van der Waals surface area contributed by atoms with E-state index in [-0.39, 0.29) is 0 Å². The zero-order valence-corrected chi connectivity index (χ0v) is 12.4. The van der Waals surface area contributed by atoms with E-state index in [1.165, 1.54) is 0 Å². The zero-order chi connectivity index (χ0) is 12.8. The SMILES string of the molecule is COCC(C)CNc1cccc(Br)c1C(N)=S. The van der Waals surface area contributed by atoms with Crippen molar-refractivity contribution in [2.75, 3.05) is 25.6 Å². The molecule has 0 aliphatic rings. The lowest BCUT2D eigenvalue weighted by Gasteiger charge is -2.16. The number of ether oxygens (including phenoxy) is 1. The van der Waals surface area contributed by atoms with Crippen LogP contribution in [-0.2, 0) is 4.74 Å². The first kappa shape index (κ1) is 14.4. The van der Waals surface area contributed by atoms with Crippen LogP contribution in [0.4, 0.5) is 5.69 Å². The summed E-state index contributed by atoms with van der Waals surface area (Å²) in [6.07, 6.45) is 0. The van der Waals surface area contributed by atoms with E-state index in [1.54, 1.807) is 7.11 Å². The highest BCUT2D eigenvalue weighted by Crippen LogP contribution is 2.24. The number of benzene rings is 1. The van der Waals surface area contributed by atoms with Crippen molar-refractivity contribution in [3.8, 4) is 0 Å². The van der Waals surface area contributed by atoms with Gasteiger partial charge in [0.15, 0.2) is 0 Å². The summed E-state index contributed by atoms with van der Waals surface area (Å²) < 4.78 is 6.01. The number of rotatable bonds is 6. The fourth-order valence-corrected chi connectivity index (χ4v) is 2.48. The van der Waals surface area contributed by atoms with Crippen molar-refractivity contribution in [2.24, 2.45) is 11.7 Å². The average Bonchev–Trinajstić information content (AvgIpc) is 2.26. The first-order valence-electron chi connectivity index (χ1n) is 5.37. The van der Waals surface area contributed by atoms with Crippen molar-refractivity contribution in [1.82, 2.24) is 0 Å². The van der Waals surface area contributed by atoms with Gasteiger partial charge in [0, 0.05) is 29.4 Å². The van der Waals surface area contributed by atoms with Crippen LogP contribution in [0.25, 0.3) is 0 Å². The van der Waals surface area contributed by atoms with Crippen LogP contribution >= 0.6 is 28.1 Å². The van der Waals surface area contributed by atoms with Crippen molar-refractivity contribution >= 4 is 38.8 Å². The molecule has 0 fully saturated rings. The van der Waals surface area contributed by atoms with Crippen molar-refractivity contribution in [1.29, 1.82) is 0 Å². The number of anilines is 1. The molecule has 0 amide bonds. The molecule has 0 aromatic heterocycles. The molecular formula is C12H17BrN2OS. The fraction of sp³-hybridized carbons (Fsp3) is 0.417. The van der Waals surface area contributed by atoms with Gasteiger partial charge >= 0.3 is 0 Å². The molecule has 1 atom stereocenters. The lowest BCUT2D eigenvalue weighted by Crippen LogP contribution is -2.19. The number of halogens is 1. The van der Waals surface area contributed by atoms with E-state index in [9.17, 15) is 0 Å². The van der Waals surface area contributed by atoms with Gasteiger partial charge in [-0.05, 0) is 34.0 Å². The van der Waals surface area contributed by atoms with Gasteiger partial charge in [-0.3, -0.25) is 0 Å². The summed E-state index contributed by atoms with van der Waals surface area (Å²) in [5.41, 5.74) is 7.52. The molecule has 0 radical (unpaired) electrons. The number of nitrogens with two attached hydrogens (primary N) is 1. The molecule has 17 heavy (non-hydrogen) atoms. The molecule has 0 saturated heterocycles.